The molecule has 0 radical (unpaired) electrons. The Morgan fingerprint density at radius 3 is 1.95 bits per heavy atom. The molecule has 120 valence electrons. The van der Waals surface area contributed by atoms with E-state index in [1.807, 2.05) is 0 Å². The molecule has 2 nitrogen and oxygen atoms in total. The fourth-order valence-corrected chi connectivity index (χ4v) is 2.96. The van der Waals surface area contributed by atoms with E-state index in [2.05, 4.69) is 37.9 Å². The van der Waals surface area contributed by atoms with Crippen molar-refractivity contribution >= 4 is 0 Å². The second-order valence-electron chi connectivity index (χ2n) is 7.50. The molecule has 0 aromatic heterocycles. The Morgan fingerprint density at radius 1 is 0.900 bits per heavy atom. The molecular formula is C18H38N2. The minimum Gasteiger partial charge on any atom is -0.314 e. The second kappa shape index (κ2) is 10.6. The molecule has 1 fully saturated rings. The van der Waals surface area contributed by atoms with Gasteiger partial charge in [-0.25, -0.2) is 0 Å². The van der Waals surface area contributed by atoms with E-state index in [4.69, 9.17) is 0 Å². The van der Waals surface area contributed by atoms with Gasteiger partial charge in [-0.2, -0.15) is 0 Å². The molecule has 1 N–H and O–H groups in total. The summed E-state index contributed by atoms with van der Waals surface area (Å²) in [5.41, 5.74) is 0. The quantitative estimate of drug-likeness (QED) is 0.568. The summed E-state index contributed by atoms with van der Waals surface area (Å²) in [4.78, 5) is 2.69. The van der Waals surface area contributed by atoms with Gasteiger partial charge in [-0.15, -0.1) is 0 Å². The van der Waals surface area contributed by atoms with E-state index < -0.39 is 0 Å². The van der Waals surface area contributed by atoms with E-state index in [1.165, 1.54) is 71.1 Å². The third-order valence-corrected chi connectivity index (χ3v) is 4.48. The first kappa shape index (κ1) is 18.0. The smallest absolute Gasteiger partial charge is 0.00670 e. The summed E-state index contributed by atoms with van der Waals surface area (Å²) in [6.45, 7) is 14.4. The fraction of sp³-hybridized carbons (Fsp3) is 1.00. The lowest BCUT2D eigenvalue weighted by Gasteiger charge is -2.24. The summed E-state index contributed by atoms with van der Waals surface area (Å²) >= 11 is 0. The highest BCUT2D eigenvalue weighted by molar-refractivity contribution is 4.73. The first-order valence-electron chi connectivity index (χ1n) is 9.03. The van der Waals surface area contributed by atoms with Gasteiger partial charge in [-0.3, -0.25) is 0 Å². The van der Waals surface area contributed by atoms with Crippen LogP contribution in [-0.4, -0.2) is 37.1 Å². The monoisotopic (exact) mass is 282 g/mol. The van der Waals surface area contributed by atoms with Crippen molar-refractivity contribution in [2.75, 3.05) is 26.2 Å². The second-order valence-corrected chi connectivity index (χ2v) is 7.50. The molecule has 0 amide bonds. The van der Waals surface area contributed by atoms with Gasteiger partial charge in [0.2, 0.25) is 0 Å². The number of rotatable bonds is 11. The van der Waals surface area contributed by atoms with E-state index >= 15 is 0 Å². The first-order chi connectivity index (χ1) is 9.58. The number of nitrogens with one attached hydrogen (secondary N) is 1. The van der Waals surface area contributed by atoms with Gasteiger partial charge in [-0.05, 0) is 70.1 Å². The van der Waals surface area contributed by atoms with Crippen LogP contribution >= 0.6 is 0 Å². The zero-order valence-corrected chi connectivity index (χ0v) is 14.5. The van der Waals surface area contributed by atoms with Gasteiger partial charge >= 0.3 is 0 Å². The molecule has 0 aromatic rings. The summed E-state index contributed by atoms with van der Waals surface area (Å²) in [7, 11) is 0. The molecule has 1 aliphatic rings. The molecule has 20 heavy (non-hydrogen) atoms. The molecule has 1 aliphatic carbocycles. The Kier molecular flexibility index (Phi) is 9.54. The lowest BCUT2D eigenvalue weighted by Crippen LogP contribution is -2.33. The normalized spacial score (nSPS) is 16.9. The van der Waals surface area contributed by atoms with Crippen molar-refractivity contribution in [2.45, 2.75) is 78.7 Å². The average Bonchev–Trinajstić information content (AvgIpc) is 2.89. The molecule has 0 bridgehead atoms. The van der Waals surface area contributed by atoms with Crippen LogP contribution in [0.3, 0.4) is 0 Å². The molecule has 0 aromatic carbocycles. The van der Waals surface area contributed by atoms with Gasteiger partial charge in [0.05, 0.1) is 0 Å². The molecule has 0 spiro atoms. The summed E-state index contributed by atoms with van der Waals surface area (Å²) in [5.74, 6) is 1.65. The van der Waals surface area contributed by atoms with Gasteiger partial charge in [-0.1, -0.05) is 40.5 Å². The van der Waals surface area contributed by atoms with Gasteiger partial charge in [0.15, 0.2) is 0 Å². The molecule has 0 saturated heterocycles. The van der Waals surface area contributed by atoms with Crippen molar-refractivity contribution in [1.29, 1.82) is 0 Å². The molecule has 0 unspecified atom stereocenters. The summed E-state index contributed by atoms with van der Waals surface area (Å²) in [6.07, 6.45) is 9.68. The van der Waals surface area contributed by atoms with Crippen LogP contribution in [0.5, 0.6) is 0 Å². The van der Waals surface area contributed by atoms with Crippen LogP contribution in [0.25, 0.3) is 0 Å². The van der Waals surface area contributed by atoms with Crippen molar-refractivity contribution in [3.63, 3.8) is 0 Å². The van der Waals surface area contributed by atoms with Crippen molar-refractivity contribution in [3.05, 3.63) is 0 Å². The topological polar surface area (TPSA) is 15.3 Å². The lowest BCUT2D eigenvalue weighted by atomic mass is 10.1. The summed E-state index contributed by atoms with van der Waals surface area (Å²) in [6, 6.07) is 0.828. The van der Waals surface area contributed by atoms with Gasteiger partial charge in [0.25, 0.3) is 0 Å². The Bertz CT molecular complexity index is 207. The Balaban J connectivity index is 2.13. The highest BCUT2D eigenvalue weighted by atomic mass is 15.1. The maximum Gasteiger partial charge on any atom is 0.00670 e. The van der Waals surface area contributed by atoms with Crippen molar-refractivity contribution in [1.82, 2.24) is 10.2 Å². The first-order valence-corrected chi connectivity index (χ1v) is 9.03. The van der Waals surface area contributed by atoms with Crippen molar-refractivity contribution in [3.8, 4) is 0 Å². The van der Waals surface area contributed by atoms with E-state index in [0.717, 1.165) is 17.9 Å². The third-order valence-electron chi connectivity index (χ3n) is 4.48. The van der Waals surface area contributed by atoms with Crippen LogP contribution in [-0.2, 0) is 0 Å². The largest absolute Gasteiger partial charge is 0.314 e. The molecule has 0 heterocycles. The van der Waals surface area contributed by atoms with Crippen LogP contribution in [0, 0.1) is 11.8 Å². The van der Waals surface area contributed by atoms with Crippen LogP contribution in [0.4, 0.5) is 0 Å². The number of hydrogen-bond acceptors (Lipinski definition) is 2. The zero-order valence-electron chi connectivity index (χ0n) is 14.5. The molecule has 1 rings (SSSR count). The molecule has 0 aliphatic heterocycles. The number of nitrogens with zero attached hydrogens (tertiary/aromatic N) is 1. The molecule has 0 atom stereocenters. The number of hydrogen-bond donors (Lipinski definition) is 1. The highest BCUT2D eigenvalue weighted by Crippen LogP contribution is 2.17. The van der Waals surface area contributed by atoms with Crippen LogP contribution < -0.4 is 5.32 Å². The van der Waals surface area contributed by atoms with Gasteiger partial charge < -0.3 is 10.2 Å². The predicted octanol–water partition coefficient (Wildman–Crippen LogP) is 4.30. The van der Waals surface area contributed by atoms with Gasteiger partial charge in [0.1, 0.15) is 0 Å². The molecule has 1 saturated carbocycles. The summed E-state index contributed by atoms with van der Waals surface area (Å²) in [5, 5.41) is 3.74. The van der Waals surface area contributed by atoms with E-state index in [9.17, 15) is 0 Å². The van der Waals surface area contributed by atoms with Crippen LogP contribution in [0.2, 0.25) is 0 Å². The maximum atomic E-state index is 3.74. The standard InChI is InChI=1S/C18H38N2/c1-16(2)10-14-20(15-11-17(3)4)13-7-12-19-18-8-5-6-9-18/h16-19H,5-15H2,1-4H3. The van der Waals surface area contributed by atoms with Gasteiger partial charge in [0, 0.05) is 6.04 Å². The SMILES string of the molecule is CC(C)CCN(CCCNC1CCCC1)CCC(C)C. The Labute approximate surface area is 127 Å². The maximum absolute atomic E-state index is 3.74. The van der Waals surface area contributed by atoms with E-state index in [0.29, 0.717) is 0 Å². The van der Waals surface area contributed by atoms with E-state index in [1.54, 1.807) is 0 Å². The molecule has 2 heteroatoms. The Hall–Kier alpha value is -0.0800. The predicted molar refractivity (Wildman–Crippen MR) is 90.2 cm³/mol. The Morgan fingerprint density at radius 2 is 1.45 bits per heavy atom. The zero-order chi connectivity index (χ0) is 14.8. The minimum atomic E-state index is 0.827. The lowest BCUT2D eigenvalue weighted by molar-refractivity contribution is 0.239. The third kappa shape index (κ3) is 8.97. The van der Waals surface area contributed by atoms with Crippen molar-refractivity contribution < 1.29 is 0 Å². The van der Waals surface area contributed by atoms with Crippen LogP contribution in [0.15, 0.2) is 0 Å². The minimum absolute atomic E-state index is 0.827. The fourth-order valence-electron chi connectivity index (χ4n) is 2.96. The highest BCUT2D eigenvalue weighted by Gasteiger charge is 2.13. The average molecular weight is 283 g/mol. The molecular weight excluding hydrogens is 244 g/mol. The summed E-state index contributed by atoms with van der Waals surface area (Å²) < 4.78 is 0. The van der Waals surface area contributed by atoms with Crippen LogP contribution in [0.1, 0.15) is 72.6 Å². The van der Waals surface area contributed by atoms with E-state index in [-0.39, 0.29) is 0 Å². The van der Waals surface area contributed by atoms with Crippen molar-refractivity contribution in [2.24, 2.45) is 11.8 Å².